The van der Waals surface area contributed by atoms with Crippen molar-refractivity contribution in [1.82, 2.24) is 5.32 Å². The van der Waals surface area contributed by atoms with Gasteiger partial charge >= 0.3 is 5.97 Å². The lowest BCUT2D eigenvalue weighted by atomic mass is 10.1. The van der Waals surface area contributed by atoms with Crippen molar-refractivity contribution in [2.75, 3.05) is 0 Å². The van der Waals surface area contributed by atoms with Gasteiger partial charge in [-0.2, -0.15) is 0 Å². The summed E-state index contributed by atoms with van der Waals surface area (Å²) < 4.78 is 13.6. The van der Waals surface area contributed by atoms with Crippen molar-refractivity contribution in [3.8, 4) is 0 Å². The van der Waals surface area contributed by atoms with Gasteiger partial charge in [-0.15, -0.1) is 0 Å². The lowest BCUT2D eigenvalue weighted by molar-refractivity contribution is 0.0696. The van der Waals surface area contributed by atoms with E-state index in [-0.39, 0.29) is 11.4 Å². The Morgan fingerprint density at radius 1 is 1.42 bits per heavy atom. The molecule has 106 valence electrons. The number of carboxylic acids is 1. The number of hydrogen-bond donors (Lipinski definition) is 2. The Morgan fingerprint density at radius 3 is 2.79 bits per heavy atom. The van der Waals surface area contributed by atoms with Crippen LogP contribution in [-0.4, -0.2) is 17.1 Å². The second-order valence-electron chi connectivity index (χ2n) is 4.89. The lowest BCUT2D eigenvalue weighted by Gasteiger charge is -2.14. The fourth-order valence-corrected chi connectivity index (χ4v) is 1.93. The van der Waals surface area contributed by atoms with Crippen LogP contribution in [0.25, 0.3) is 0 Å². The molecule has 4 heteroatoms. The molecule has 0 aliphatic heterocycles. The molecule has 1 aromatic carbocycles. The second-order valence-corrected chi connectivity index (χ2v) is 4.89. The molecule has 0 radical (unpaired) electrons. The Balaban J connectivity index is 2.52. The summed E-state index contributed by atoms with van der Waals surface area (Å²) in [6.07, 6.45) is 4.59. The summed E-state index contributed by atoms with van der Waals surface area (Å²) >= 11 is 0. The molecule has 0 spiro atoms. The molecule has 19 heavy (non-hydrogen) atoms. The molecule has 0 aromatic heterocycles. The molecular formula is C15H22FNO2. The molecular weight excluding hydrogens is 245 g/mol. The fourth-order valence-electron chi connectivity index (χ4n) is 1.93. The lowest BCUT2D eigenvalue weighted by Crippen LogP contribution is -2.25. The van der Waals surface area contributed by atoms with Crippen LogP contribution in [0.2, 0.25) is 0 Å². The Kier molecular flexibility index (Phi) is 6.50. The van der Waals surface area contributed by atoms with E-state index in [2.05, 4.69) is 19.2 Å². The predicted molar refractivity (Wildman–Crippen MR) is 73.8 cm³/mol. The van der Waals surface area contributed by atoms with E-state index in [9.17, 15) is 9.18 Å². The average molecular weight is 267 g/mol. The van der Waals surface area contributed by atoms with Gasteiger partial charge in [0.15, 0.2) is 0 Å². The number of hydrogen-bond acceptors (Lipinski definition) is 2. The Labute approximate surface area is 113 Å². The Hall–Kier alpha value is -1.42. The van der Waals surface area contributed by atoms with Crippen molar-refractivity contribution in [3.05, 3.63) is 35.1 Å². The molecule has 0 aliphatic carbocycles. The van der Waals surface area contributed by atoms with Crippen molar-refractivity contribution in [3.63, 3.8) is 0 Å². The van der Waals surface area contributed by atoms with Gasteiger partial charge in [0.25, 0.3) is 0 Å². The highest BCUT2D eigenvalue weighted by atomic mass is 19.1. The largest absolute Gasteiger partial charge is 0.478 e. The zero-order valence-electron chi connectivity index (χ0n) is 11.6. The van der Waals surface area contributed by atoms with Gasteiger partial charge in [-0.05, 0) is 31.5 Å². The van der Waals surface area contributed by atoms with Crippen molar-refractivity contribution < 1.29 is 14.3 Å². The molecule has 0 saturated heterocycles. The van der Waals surface area contributed by atoms with Gasteiger partial charge in [-0.3, -0.25) is 0 Å². The summed E-state index contributed by atoms with van der Waals surface area (Å²) in [7, 11) is 0. The minimum atomic E-state index is -1.03. The normalized spacial score (nSPS) is 12.4. The van der Waals surface area contributed by atoms with Crippen LogP contribution in [0.5, 0.6) is 0 Å². The highest BCUT2D eigenvalue weighted by Crippen LogP contribution is 2.11. The number of carboxylic acid groups (broad SMARTS) is 1. The SMILES string of the molecule is CCCCCC(C)NCc1cc(C(=O)O)ccc1F. The van der Waals surface area contributed by atoms with Gasteiger partial charge in [0.2, 0.25) is 0 Å². The van der Waals surface area contributed by atoms with Gasteiger partial charge in [0, 0.05) is 18.2 Å². The van der Waals surface area contributed by atoms with Crippen LogP contribution in [0.15, 0.2) is 18.2 Å². The molecule has 1 atom stereocenters. The summed E-state index contributed by atoms with van der Waals surface area (Å²) in [5, 5.41) is 12.1. The molecule has 0 amide bonds. The third-order valence-electron chi connectivity index (χ3n) is 3.17. The van der Waals surface area contributed by atoms with Crippen LogP contribution in [0.1, 0.15) is 55.5 Å². The van der Waals surface area contributed by atoms with E-state index in [0.29, 0.717) is 18.2 Å². The van der Waals surface area contributed by atoms with E-state index in [1.165, 1.54) is 31.0 Å². The topological polar surface area (TPSA) is 49.3 Å². The quantitative estimate of drug-likeness (QED) is 0.708. The summed E-state index contributed by atoms with van der Waals surface area (Å²) in [6.45, 7) is 4.58. The summed E-state index contributed by atoms with van der Waals surface area (Å²) in [5.74, 6) is -1.39. The molecule has 2 N–H and O–H groups in total. The van der Waals surface area contributed by atoms with Crippen LogP contribution < -0.4 is 5.32 Å². The van der Waals surface area contributed by atoms with Gasteiger partial charge in [-0.1, -0.05) is 26.2 Å². The zero-order chi connectivity index (χ0) is 14.3. The minimum absolute atomic E-state index is 0.122. The number of halogens is 1. The highest BCUT2D eigenvalue weighted by Gasteiger charge is 2.09. The van der Waals surface area contributed by atoms with Crippen molar-refractivity contribution >= 4 is 5.97 Å². The third kappa shape index (κ3) is 5.39. The van der Waals surface area contributed by atoms with Gasteiger partial charge in [0.05, 0.1) is 5.56 Å². The maximum absolute atomic E-state index is 13.6. The maximum atomic E-state index is 13.6. The van der Waals surface area contributed by atoms with Crippen molar-refractivity contribution in [2.24, 2.45) is 0 Å². The first-order valence-corrected chi connectivity index (χ1v) is 6.79. The van der Waals surface area contributed by atoms with E-state index >= 15 is 0 Å². The molecule has 0 aliphatic rings. The highest BCUT2D eigenvalue weighted by molar-refractivity contribution is 5.87. The second kappa shape index (κ2) is 7.89. The third-order valence-corrected chi connectivity index (χ3v) is 3.17. The van der Waals surface area contributed by atoms with Crippen LogP contribution in [0.3, 0.4) is 0 Å². The van der Waals surface area contributed by atoms with Crippen LogP contribution in [0, 0.1) is 5.82 Å². The molecule has 0 bridgehead atoms. The van der Waals surface area contributed by atoms with Crippen LogP contribution >= 0.6 is 0 Å². The predicted octanol–water partition coefficient (Wildman–Crippen LogP) is 3.58. The smallest absolute Gasteiger partial charge is 0.335 e. The Morgan fingerprint density at radius 2 is 2.16 bits per heavy atom. The van der Waals surface area contributed by atoms with E-state index in [0.717, 1.165) is 12.8 Å². The number of aromatic carboxylic acids is 1. The standard InChI is InChI=1S/C15H22FNO2/c1-3-4-5-6-11(2)17-10-13-9-12(15(18)19)7-8-14(13)16/h7-9,11,17H,3-6,10H2,1-2H3,(H,18,19). The summed E-state index contributed by atoms with van der Waals surface area (Å²) in [5.41, 5.74) is 0.527. The first kappa shape index (κ1) is 15.6. The summed E-state index contributed by atoms with van der Waals surface area (Å²) in [4.78, 5) is 10.8. The van der Waals surface area contributed by atoms with Crippen LogP contribution in [-0.2, 0) is 6.54 Å². The first-order valence-electron chi connectivity index (χ1n) is 6.79. The van der Waals surface area contributed by atoms with Gasteiger partial charge < -0.3 is 10.4 Å². The number of carbonyl (C=O) groups is 1. The fraction of sp³-hybridized carbons (Fsp3) is 0.533. The number of unbranched alkanes of at least 4 members (excludes halogenated alkanes) is 2. The molecule has 1 rings (SSSR count). The van der Waals surface area contributed by atoms with Gasteiger partial charge in [0.1, 0.15) is 5.82 Å². The zero-order valence-corrected chi connectivity index (χ0v) is 11.6. The molecule has 3 nitrogen and oxygen atoms in total. The number of benzene rings is 1. The molecule has 0 fully saturated rings. The molecule has 0 saturated carbocycles. The van der Waals surface area contributed by atoms with E-state index in [4.69, 9.17) is 5.11 Å². The van der Waals surface area contributed by atoms with E-state index in [1.807, 2.05) is 0 Å². The molecule has 1 unspecified atom stereocenters. The average Bonchev–Trinajstić information content (AvgIpc) is 2.37. The first-order chi connectivity index (χ1) is 9.04. The van der Waals surface area contributed by atoms with E-state index in [1.54, 1.807) is 0 Å². The summed E-state index contributed by atoms with van der Waals surface area (Å²) in [6, 6.07) is 4.19. The van der Waals surface area contributed by atoms with Crippen molar-refractivity contribution in [2.45, 2.75) is 52.1 Å². The molecule has 1 aromatic rings. The van der Waals surface area contributed by atoms with Gasteiger partial charge in [-0.25, -0.2) is 9.18 Å². The number of rotatable bonds is 8. The minimum Gasteiger partial charge on any atom is -0.478 e. The monoisotopic (exact) mass is 267 g/mol. The van der Waals surface area contributed by atoms with E-state index < -0.39 is 5.97 Å². The Bertz CT molecular complexity index is 421. The van der Waals surface area contributed by atoms with Crippen molar-refractivity contribution in [1.29, 1.82) is 0 Å². The number of nitrogens with one attached hydrogen (secondary N) is 1. The van der Waals surface area contributed by atoms with Crippen LogP contribution in [0.4, 0.5) is 4.39 Å². The maximum Gasteiger partial charge on any atom is 0.335 e. The molecule has 0 heterocycles.